The van der Waals surface area contributed by atoms with Crippen molar-refractivity contribution in [2.24, 2.45) is 0 Å². The molecule has 0 radical (unpaired) electrons. The number of hydrogen-bond acceptors (Lipinski definition) is 6. The summed E-state index contributed by atoms with van der Waals surface area (Å²) in [6, 6.07) is 23.2. The fourth-order valence-electron chi connectivity index (χ4n) is 4.36. The molecular formula is C32H35N3O4S. The Morgan fingerprint density at radius 3 is 2.35 bits per heavy atom. The van der Waals surface area contributed by atoms with Gasteiger partial charge in [-0.05, 0) is 73.0 Å². The van der Waals surface area contributed by atoms with Crippen LogP contribution in [0.25, 0.3) is 6.08 Å². The molecule has 1 heterocycles. The highest BCUT2D eigenvalue weighted by atomic mass is 32.2. The van der Waals surface area contributed by atoms with E-state index >= 15 is 0 Å². The number of nitrogens with zero attached hydrogens (tertiary/aromatic N) is 2. The lowest BCUT2D eigenvalue weighted by Crippen LogP contribution is -2.36. The average molecular weight is 558 g/mol. The standard InChI is InChI=1S/C32H35N3O4S/c1-5-34(6-2)27-17-14-25(28(19-27)39-21-23-10-8-7-9-11-23)18-29-31(37)35(32(38)40-29)20-30(36)33-26-15-12-24(13-16-26)22(3)4/h7-19,22H,5-6,20-21H2,1-4H3,(H,33,36)/b29-18+. The van der Waals surface area contributed by atoms with E-state index in [1.807, 2.05) is 72.8 Å². The van der Waals surface area contributed by atoms with Crippen LogP contribution in [0, 0.1) is 0 Å². The van der Waals surface area contributed by atoms with E-state index in [2.05, 4.69) is 37.9 Å². The molecule has 3 amide bonds. The Kier molecular flexibility index (Phi) is 9.66. The Morgan fingerprint density at radius 1 is 1.00 bits per heavy atom. The highest BCUT2D eigenvalue weighted by Crippen LogP contribution is 2.35. The number of rotatable bonds is 11. The highest BCUT2D eigenvalue weighted by Gasteiger charge is 2.36. The highest BCUT2D eigenvalue weighted by molar-refractivity contribution is 8.18. The van der Waals surface area contributed by atoms with Gasteiger partial charge in [0, 0.05) is 36.1 Å². The molecule has 1 N–H and O–H groups in total. The summed E-state index contributed by atoms with van der Waals surface area (Å²) >= 11 is 0.825. The summed E-state index contributed by atoms with van der Waals surface area (Å²) in [5, 5.41) is 2.29. The summed E-state index contributed by atoms with van der Waals surface area (Å²) in [5.74, 6) is 0.0607. The first-order valence-corrected chi connectivity index (χ1v) is 14.3. The van der Waals surface area contributed by atoms with Crippen LogP contribution in [0.4, 0.5) is 16.2 Å². The molecule has 0 atom stereocenters. The second-order valence-electron chi connectivity index (χ2n) is 9.76. The van der Waals surface area contributed by atoms with Crippen molar-refractivity contribution in [2.75, 3.05) is 29.9 Å². The number of carbonyl (C=O) groups excluding carboxylic acids is 3. The van der Waals surface area contributed by atoms with Crippen molar-refractivity contribution in [3.05, 3.63) is 94.4 Å². The summed E-state index contributed by atoms with van der Waals surface area (Å²) in [6.07, 6.45) is 1.67. The predicted molar refractivity (Wildman–Crippen MR) is 163 cm³/mol. The van der Waals surface area contributed by atoms with E-state index in [-0.39, 0.29) is 11.4 Å². The van der Waals surface area contributed by atoms with Crippen molar-refractivity contribution in [1.29, 1.82) is 0 Å². The summed E-state index contributed by atoms with van der Waals surface area (Å²) in [6.45, 7) is 10.1. The zero-order valence-corrected chi connectivity index (χ0v) is 24.2. The quantitative estimate of drug-likeness (QED) is 0.258. The molecule has 8 heteroatoms. The molecular weight excluding hydrogens is 522 g/mol. The van der Waals surface area contributed by atoms with Gasteiger partial charge in [0.2, 0.25) is 5.91 Å². The van der Waals surface area contributed by atoms with Crippen molar-refractivity contribution in [2.45, 2.75) is 40.2 Å². The first-order chi connectivity index (χ1) is 19.3. The summed E-state index contributed by atoms with van der Waals surface area (Å²) in [5.41, 5.74) is 4.49. The van der Waals surface area contributed by atoms with Crippen LogP contribution in [0.1, 0.15) is 50.3 Å². The summed E-state index contributed by atoms with van der Waals surface area (Å²) in [4.78, 5) is 42.0. The molecule has 3 aromatic rings. The Labute approximate surface area is 240 Å². The molecule has 1 aliphatic rings. The Hall–Kier alpha value is -4.04. The third-order valence-electron chi connectivity index (χ3n) is 6.69. The van der Waals surface area contributed by atoms with Crippen LogP contribution in [0.15, 0.2) is 77.7 Å². The van der Waals surface area contributed by atoms with Crippen LogP contribution < -0.4 is 15.0 Å². The third kappa shape index (κ3) is 7.12. The zero-order valence-electron chi connectivity index (χ0n) is 23.3. The number of imide groups is 1. The van der Waals surface area contributed by atoms with Gasteiger partial charge in [0.15, 0.2) is 0 Å². The average Bonchev–Trinajstić information content (AvgIpc) is 3.21. The minimum absolute atomic E-state index is 0.249. The van der Waals surface area contributed by atoms with Gasteiger partial charge in [0.05, 0.1) is 4.91 Å². The van der Waals surface area contributed by atoms with Crippen LogP contribution in [-0.4, -0.2) is 41.6 Å². The zero-order chi connectivity index (χ0) is 28.6. The van der Waals surface area contributed by atoms with Gasteiger partial charge >= 0.3 is 0 Å². The molecule has 0 saturated carbocycles. The van der Waals surface area contributed by atoms with Crippen LogP contribution in [0.2, 0.25) is 0 Å². The van der Waals surface area contributed by atoms with Gasteiger partial charge in [0.1, 0.15) is 18.9 Å². The fraction of sp³-hybridized carbons (Fsp3) is 0.281. The smallest absolute Gasteiger partial charge is 0.294 e. The van der Waals surface area contributed by atoms with Crippen molar-refractivity contribution >= 4 is 46.3 Å². The van der Waals surface area contributed by atoms with Crippen molar-refractivity contribution in [1.82, 2.24) is 4.90 Å². The number of ether oxygens (including phenoxy) is 1. The maximum absolute atomic E-state index is 13.2. The van der Waals surface area contributed by atoms with Gasteiger partial charge in [-0.1, -0.05) is 56.3 Å². The van der Waals surface area contributed by atoms with E-state index in [0.717, 1.165) is 46.6 Å². The molecule has 0 aliphatic carbocycles. The molecule has 1 saturated heterocycles. The number of carbonyl (C=O) groups is 3. The van der Waals surface area contributed by atoms with Crippen LogP contribution in [0.3, 0.4) is 0 Å². The van der Waals surface area contributed by atoms with Gasteiger partial charge < -0.3 is 15.0 Å². The van der Waals surface area contributed by atoms with E-state index < -0.39 is 17.1 Å². The molecule has 208 valence electrons. The first-order valence-electron chi connectivity index (χ1n) is 13.5. The van der Waals surface area contributed by atoms with Crippen molar-refractivity contribution < 1.29 is 19.1 Å². The van der Waals surface area contributed by atoms with Gasteiger partial charge in [0.25, 0.3) is 11.1 Å². The normalized spacial score (nSPS) is 14.2. The second-order valence-corrected chi connectivity index (χ2v) is 10.8. The first kappa shape index (κ1) is 29.0. The SMILES string of the molecule is CCN(CC)c1ccc(/C=C2/SC(=O)N(CC(=O)Nc3ccc(C(C)C)cc3)C2=O)c(OCc2ccccc2)c1. The van der Waals surface area contributed by atoms with Crippen LogP contribution >= 0.6 is 11.8 Å². The van der Waals surface area contributed by atoms with Gasteiger partial charge in [-0.3, -0.25) is 19.3 Å². The number of anilines is 2. The van der Waals surface area contributed by atoms with Crippen LogP contribution in [0.5, 0.6) is 5.75 Å². The monoisotopic (exact) mass is 557 g/mol. The minimum atomic E-state index is -0.498. The van der Waals surface area contributed by atoms with E-state index in [1.165, 1.54) is 0 Å². The van der Waals surface area contributed by atoms with Gasteiger partial charge in [-0.2, -0.15) is 0 Å². The van der Waals surface area contributed by atoms with E-state index in [0.29, 0.717) is 29.5 Å². The summed E-state index contributed by atoms with van der Waals surface area (Å²) < 4.78 is 6.20. The lowest BCUT2D eigenvalue weighted by Gasteiger charge is -2.22. The third-order valence-corrected chi connectivity index (χ3v) is 7.59. The van der Waals surface area contributed by atoms with Crippen molar-refractivity contribution in [3.63, 3.8) is 0 Å². The molecule has 0 unspecified atom stereocenters. The summed E-state index contributed by atoms with van der Waals surface area (Å²) in [7, 11) is 0. The van der Waals surface area contributed by atoms with E-state index in [1.54, 1.807) is 6.08 Å². The topological polar surface area (TPSA) is 79.0 Å². The van der Waals surface area contributed by atoms with Crippen LogP contribution in [-0.2, 0) is 16.2 Å². The molecule has 7 nitrogen and oxygen atoms in total. The van der Waals surface area contributed by atoms with Gasteiger partial charge in [-0.15, -0.1) is 0 Å². The number of amides is 3. The second kappa shape index (κ2) is 13.3. The lowest BCUT2D eigenvalue weighted by molar-refractivity contribution is -0.127. The molecule has 4 rings (SSSR count). The molecule has 0 bridgehead atoms. The number of benzene rings is 3. The predicted octanol–water partition coefficient (Wildman–Crippen LogP) is 6.91. The molecule has 40 heavy (non-hydrogen) atoms. The number of thioether (sulfide) groups is 1. The van der Waals surface area contributed by atoms with E-state index in [9.17, 15) is 14.4 Å². The number of nitrogens with one attached hydrogen (secondary N) is 1. The fourth-order valence-corrected chi connectivity index (χ4v) is 5.19. The Bertz CT molecular complexity index is 1380. The maximum Gasteiger partial charge on any atom is 0.294 e. The molecule has 1 aliphatic heterocycles. The Balaban J connectivity index is 1.51. The molecule has 0 spiro atoms. The molecule has 0 aromatic heterocycles. The lowest BCUT2D eigenvalue weighted by atomic mass is 10.0. The maximum atomic E-state index is 13.2. The number of hydrogen-bond donors (Lipinski definition) is 1. The van der Waals surface area contributed by atoms with Gasteiger partial charge in [-0.25, -0.2) is 0 Å². The molecule has 1 fully saturated rings. The van der Waals surface area contributed by atoms with E-state index in [4.69, 9.17) is 4.74 Å². The Morgan fingerprint density at radius 2 is 1.70 bits per heavy atom. The van der Waals surface area contributed by atoms with Crippen molar-refractivity contribution in [3.8, 4) is 5.75 Å². The minimum Gasteiger partial charge on any atom is -0.488 e. The largest absolute Gasteiger partial charge is 0.488 e. The molecule has 3 aromatic carbocycles.